The van der Waals surface area contributed by atoms with E-state index in [0.29, 0.717) is 41.1 Å². The molecule has 0 radical (unpaired) electrons. The molecule has 2 aromatic carbocycles. The van der Waals surface area contributed by atoms with Gasteiger partial charge in [0.2, 0.25) is 10.0 Å². The Balaban J connectivity index is 1.78. The van der Waals surface area contributed by atoms with Gasteiger partial charge in [0.15, 0.2) is 0 Å². The largest absolute Gasteiger partial charge is 0.369 e. The number of anilines is 1. The first-order chi connectivity index (χ1) is 12.2. The lowest BCUT2D eigenvalue weighted by atomic mass is 10.1. The van der Waals surface area contributed by atoms with Crippen LogP contribution in [-0.2, 0) is 10.0 Å². The summed E-state index contributed by atoms with van der Waals surface area (Å²) in [6.07, 6.45) is 0. The molecule has 0 N–H and O–H groups in total. The van der Waals surface area contributed by atoms with Gasteiger partial charge in [-0.15, -0.1) is 0 Å². The Hall–Kier alpha value is -1.27. The standard InChI is InChI=1S/C19H22Cl2N2O2S/c1-13-10-15(3)19(11-14(13)2)26(24,25)23-8-6-22(7-9-23)16-4-5-17(20)18(21)12-16/h4-5,10-12H,6-9H2,1-3H3. The van der Waals surface area contributed by atoms with Crippen LogP contribution in [0.15, 0.2) is 35.2 Å². The van der Waals surface area contributed by atoms with Crippen LogP contribution in [0.1, 0.15) is 16.7 Å². The van der Waals surface area contributed by atoms with Gasteiger partial charge in [-0.1, -0.05) is 29.3 Å². The Bertz CT molecular complexity index is 937. The number of rotatable bonds is 3. The molecule has 0 bridgehead atoms. The SMILES string of the molecule is Cc1cc(C)c(S(=O)(=O)N2CCN(c3ccc(Cl)c(Cl)c3)CC2)cc1C. The summed E-state index contributed by atoms with van der Waals surface area (Å²) in [5.41, 5.74) is 3.84. The van der Waals surface area contributed by atoms with Crippen molar-refractivity contribution >= 4 is 38.9 Å². The number of aryl methyl sites for hydroxylation is 3. The Morgan fingerprint density at radius 2 is 1.42 bits per heavy atom. The molecule has 1 aliphatic heterocycles. The first-order valence-corrected chi connectivity index (χ1v) is 10.7. The van der Waals surface area contributed by atoms with Crippen LogP contribution in [0, 0.1) is 20.8 Å². The fourth-order valence-electron chi connectivity index (χ4n) is 3.22. The van der Waals surface area contributed by atoms with Gasteiger partial charge in [0.05, 0.1) is 14.9 Å². The monoisotopic (exact) mass is 412 g/mol. The van der Waals surface area contributed by atoms with E-state index in [1.54, 1.807) is 16.4 Å². The molecule has 1 aliphatic rings. The summed E-state index contributed by atoms with van der Waals surface area (Å²) < 4.78 is 27.7. The molecule has 1 saturated heterocycles. The van der Waals surface area contributed by atoms with Crippen LogP contribution >= 0.6 is 23.2 Å². The molecule has 0 saturated carbocycles. The second-order valence-corrected chi connectivity index (χ2v) is 9.41. The van der Waals surface area contributed by atoms with Gasteiger partial charge < -0.3 is 4.90 Å². The fraction of sp³-hybridized carbons (Fsp3) is 0.368. The van der Waals surface area contributed by atoms with Crippen molar-refractivity contribution in [2.24, 2.45) is 0 Å². The predicted molar refractivity (Wildman–Crippen MR) is 108 cm³/mol. The fourth-order valence-corrected chi connectivity index (χ4v) is 5.23. The zero-order valence-corrected chi connectivity index (χ0v) is 17.4. The van der Waals surface area contributed by atoms with Gasteiger partial charge >= 0.3 is 0 Å². The van der Waals surface area contributed by atoms with E-state index < -0.39 is 10.0 Å². The van der Waals surface area contributed by atoms with E-state index in [0.717, 1.165) is 22.4 Å². The molecule has 7 heteroatoms. The average molecular weight is 413 g/mol. The van der Waals surface area contributed by atoms with Crippen molar-refractivity contribution in [2.45, 2.75) is 25.7 Å². The van der Waals surface area contributed by atoms with E-state index in [4.69, 9.17) is 23.2 Å². The van der Waals surface area contributed by atoms with Crippen molar-refractivity contribution < 1.29 is 8.42 Å². The van der Waals surface area contributed by atoms with Crippen LogP contribution in [0.3, 0.4) is 0 Å². The highest BCUT2D eigenvalue weighted by Gasteiger charge is 2.30. The van der Waals surface area contributed by atoms with E-state index >= 15 is 0 Å². The lowest BCUT2D eigenvalue weighted by molar-refractivity contribution is 0.384. The molecule has 0 atom stereocenters. The minimum Gasteiger partial charge on any atom is -0.369 e. The molecule has 1 fully saturated rings. The molecule has 26 heavy (non-hydrogen) atoms. The number of hydrogen-bond acceptors (Lipinski definition) is 3. The summed E-state index contributed by atoms with van der Waals surface area (Å²) in [5, 5.41) is 1.02. The van der Waals surface area contributed by atoms with Gasteiger partial charge in [-0.25, -0.2) is 8.42 Å². The van der Waals surface area contributed by atoms with Gasteiger partial charge in [0.25, 0.3) is 0 Å². The number of halogens is 2. The molecule has 0 amide bonds. The normalized spacial score (nSPS) is 16.1. The van der Waals surface area contributed by atoms with Crippen LogP contribution in [0.4, 0.5) is 5.69 Å². The molecule has 0 unspecified atom stereocenters. The highest BCUT2D eigenvalue weighted by Crippen LogP contribution is 2.29. The maximum atomic E-state index is 13.1. The van der Waals surface area contributed by atoms with Crippen LogP contribution in [-0.4, -0.2) is 38.9 Å². The molecule has 3 rings (SSSR count). The summed E-state index contributed by atoms with van der Waals surface area (Å²) in [6, 6.07) is 9.22. The summed E-state index contributed by atoms with van der Waals surface area (Å²) in [7, 11) is -3.49. The van der Waals surface area contributed by atoms with E-state index in [-0.39, 0.29) is 0 Å². The number of sulfonamides is 1. The molecule has 140 valence electrons. The third-order valence-electron chi connectivity index (χ3n) is 4.92. The van der Waals surface area contributed by atoms with Crippen molar-refractivity contribution in [1.82, 2.24) is 4.31 Å². The van der Waals surface area contributed by atoms with Crippen LogP contribution < -0.4 is 4.90 Å². The van der Waals surface area contributed by atoms with Crippen molar-refractivity contribution in [2.75, 3.05) is 31.1 Å². The molecule has 1 heterocycles. The first kappa shape index (κ1) is 19.5. The van der Waals surface area contributed by atoms with E-state index in [1.165, 1.54) is 0 Å². The third kappa shape index (κ3) is 3.72. The van der Waals surface area contributed by atoms with E-state index in [9.17, 15) is 8.42 Å². The highest BCUT2D eigenvalue weighted by atomic mass is 35.5. The lowest BCUT2D eigenvalue weighted by Gasteiger charge is -2.35. The molecule has 2 aromatic rings. The molecule has 0 aliphatic carbocycles. The second kappa shape index (κ2) is 7.39. The summed E-state index contributed by atoms with van der Waals surface area (Å²) in [4.78, 5) is 2.53. The zero-order valence-electron chi connectivity index (χ0n) is 15.1. The van der Waals surface area contributed by atoms with E-state index in [2.05, 4.69) is 4.90 Å². The summed E-state index contributed by atoms with van der Waals surface area (Å²) >= 11 is 12.1. The third-order valence-corrected chi connectivity index (χ3v) is 7.70. The molecular formula is C19H22Cl2N2O2S. The van der Waals surface area contributed by atoms with Crippen LogP contribution in [0.2, 0.25) is 10.0 Å². The van der Waals surface area contributed by atoms with E-state index in [1.807, 2.05) is 39.0 Å². The van der Waals surface area contributed by atoms with Crippen molar-refractivity contribution in [3.05, 3.63) is 57.1 Å². The average Bonchev–Trinajstić information content (AvgIpc) is 2.60. The van der Waals surface area contributed by atoms with Gasteiger partial charge in [0.1, 0.15) is 0 Å². The smallest absolute Gasteiger partial charge is 0.243 e. The molecular weight excluding hydrogens is 391 g/mol. The van der Waals surface area contributed by atoms with Gasteiger partial charge in [-0.05, 0) is 61.7 Å². The minimum atomic E-state index is -3.49. The number of piperazine rings is 1. The van der Waals surface area contributed by atoms with Crippen molar-refractivity contribution in [1.29, 1.82) is 0 Å². The zero-order chi connectivity index (χ0) is 19.1. The highest BCUT2D eigenvalue weighted by molar-refractivity contribution is 7.89. The number of benzene rings is 2. The summed E-state index contributed by atoms with van der Waals surface area (Å²) in [6.45, 7) is 7.89. The number of nitrogens with zero attached hydrogens (tertiary/aromatic N) is 2. The minimum absolute atomic E-state index is 0.406. The maximum absolute atomic E-state index is 13.1. The Morgan fingerprint density at radius 3 is 2.04 bits per heavy atom. The Morgan fingerprint density at radius 1 is 0.808 bits per heavy atom. The van der Waals surface area contributed by atoms with Gasteiger partial charge in [0, 0.05) is 31.9 Å². The van der Waals surface area contributed by atoms with Crippen LogP contribution in [0.5, 0.6) is 0 Å². The summed E-state index contributed by atoms with van der Waals surface area (Å²) in [5.74, 6) is 0. The predicted octanol–water partition coefficient (Wildman–Crippen LogP) is 4.43. The van der Waals surface area contributed by atoms with Crippen molar-refractivity contribution in [3.63, 3.8) is 0 Å². The Labute approximate surface area is 165 Å². The lowest BCUT2D eigenvalue weighted by Crippen LogP contribution is -2.48. The van der Waals surface area contributed by atoms with Crippen molar-refractivity contribution in [3.8, 4) is 0 Å². The topological polar surface area (TPSA) is 40.6 Å². The first-order valence-electron chi connectivity index (χ1n) is 8.48. The molecule has 0 aromatic heterocycles. The van der Waals surface area contributed by atoms with Crippen LogP contribution in [0.25, 0.3) is 0 Å². The Kier molecular flexibility index (Phi) is 5.54. The van der Waals surface area contributed by atoms with Gasteiger partial charge in [-0.3, -0.25) is 0 Å². The molecule has 0 spiro atoms. The number of hydrogen-bond donors (Lipinski definition) is 0. The second-order valence-electron chi connectivity index (χ2n) is 6.69. The molecule has 4 nitrogen and oxygen atoms in total. The maximum Gasteiger partial charge on any atom is 0.243 e. The van der Waals surface area contributed by atoms with Gasteiger partial charge in [-0.2, -0.15) is 4.31 Å². The quantitative estimate of drug-likeness (QED) is 0.748.